The second-order valence-corrected chi connectivity index (χ2v) is 21.6. The van der Waals surface area contributed by atoms with E-state index in [-0.39, 0.29) is 11.8 Å². The molecule has 0 bridgehead atoms. The van der Waals surface area contributed by atoms with E-state index in [4.69, 9.17) is 0 Å². The van der Waals surface area contributed by atoms with Gasteiger partial charge in [-0.05, 0) is 80.1 Å². The van der Waals surface area contributed by atoms with Crippen molar-refractivity contribution in [1.82, 2.24) is 10.6 Å². The summed E-state index contributed by atoms with van der Waals surface area (Å²) < 4.78 is 1.30. The Hall–Kier alpha value is -0.440. The van der Waals surface area contributed by atoms with Crippen LogP contribution in [0.5, 0.6) is 0 Å². The van der Waals surface area contributed by atoms with E-state index < -0.39 is 0 Å². The molecule has 346 valence electrons. The van der Waals surface area contributed by atoms with Gasteiger partial charge in [0.2, 0.25) is 11.8 Å². The minimum absolute atomic E-state index is 0.199. The lowest BCUT2D eigenvalue weighted by atomic mass is 10.0. The minimum atomic E-state index is 0.199. The third-order valence-corrected chi connectivity index (χ3v) is 15.1. The standard InChI is InChI=1S/C50H102N4O2S2/c1-9-53(47(5)6)41-35-31-27-23-19-15-11-13-17-21-25-29-33-37-49(55)51-39-43-57-58-44-40-52-50(56)38-34-30-26-22-18-14-12-16-20-24-28-32-36-42-54(10-2,48(7)8)45-46(3)4/h46-48H,9-45H2,1-8H3,(H-,51,52,55,56)/p+2. The van der Waals surface area contributed by atoms with Crippen LogP contribution < -0.4 is 15.5 Å². The van der Waals surface area contributed by atoms with Crippen molar-refractivity contribution in [3.63, 3.8) is 0 Å². The Kier molecular flexibility index (Phi) is 41.6. The number of nitrogens with one attached hydrogen (secondary N) is 3. The molecule has 0 rings (SSSR count). The first-order valence-corrected chi connectivity index (χ1v) is 28.0. The number of amides is 2. The zero-order chi connectivity index (χ0) is 43.0. The van der Waals surface area contributed by atoms with E-state index in [0.29, 0.717) is 12.8 Å². The van der Waals surface area contributed by atoms with Crippen LogP contribution in [0.1, 0.15) is 235 Å². The third-order valence-electron chi connectivity index (χ3n) is 12.7. The average molecular weight is 858 g/mol. The second-order valence-electron chi connectivity index (χ2n) is 18.9. The van der Waals surface area contributed by atoms with Crippen molar-refractivity contribution in [3.05, 3.63) is 0 Å². The molecule has 0 saturated carbocycles. The van der Waals surface area contributed by atoms with Gasteiger partial charge in [-0.1, -0.05) is 164 Å². The van der Waals surface area contributed by atoms with Gasteiger partial charge in [0.25, 0.3) is 0 Å². The van der Waals surface area contributed by atoms with Gasteiger partial charge in [-0.2, -0.15) is 0 Å². The number of rotatable bonds is 45. The fourth-order valence-electron chi connectivity index (χ4n) is 8.81. The molecule has 0 fully saturated rings. The van der Waals surface area contributed by atoms with Gasteiger partial charge < -0.3 is 20.0 Å². The van der Waals surface area contributed by atoms with Crippen LogP contribution in [0.3, 0.4) is 0 Å². The number of carbonyl (C=O) groups is 2. The first kappa shape index (κ1) is 57.6. The highest BCUT2D eigenvalue weighted by atomic mass is 33.1. The maximum absolute atomic E-state index is 12.2. The normalized spacial score (nSPS) is 13.4. The highest BCUT2D eigenvalue weighted by Crippen LogP contribution is 2.21. The summed E-state index contributed by atoms with van der Waals surface area (Å²) in [5.41, 5.74) is 0. The maximum Gasteiger partial charge on any atom is 0.220 e. The van der Waals surface area contributed by atoms with Crippen molar-refractivity contribution in [2.75, 3.05) is 57.3 Å². The highest BCUT2D eigenvalue weighted by molar-refractivity contribution is 8.76. The minimum Gasteiger partial charge on any atom is -0.355 e. The molecule has 0 aliphatic carbocycles. The summed E-state index contributed by atoms with van der Waals surface area (Å²) >= 11 is 0. The molecule has 8 heteroatoms. The fourth-order valence-corrected chi connectivity index (χ4v) is 10.6. The van der Waals surface area contributed by atoms with Crippen molar-refractivity contribution < 1.29 is 19.0 Å². The molecule has 0 spiro atoms. The summed E-state index contributed by atoms with van der Waals surface area (Å²) in [7, 11) is 3.58. The smallest absolute Gasteiger partial charge is 0.220 e. The number of hydrogen-bond donors (Lipinski definition) is 3. The number of carbonyl (C=O) groups excluding carboxylic acids is 2. The van der Waals surface area contributed by atoms with Gasteiger partial charge in [0.15, 0.2) is 0 Å². The van der Waals surface area contributed by atoms with Crippen molar-refractivity contribution in [1.29, 1.82) is 0 Å². The van der Waals surface area contributed by atoms with E-state index in [1.54, 1.807) is 26.5 Å². The van der Waals surface area contributed by atoms with Crippen molar-refractivity contribution in [2.24, 2.45) is 5.92 Å². The van der Waals surface area contributed by atoms with Crippen LogP contribution in [-0.2, 0) is 9.59 Å². The Morgan fingerprint density at radius 3 is 1.16 bits per heavy atom. The molecule has 0 saturated heterocycles. The van der Waals surface area contributed by atoms with Gasteiger partial charge in [-0.15, -0.1) is 0 Å². The van der Waals surface area contributed by atoms with Crippen molar-refractivity contribution >= 4 is 33.4 Å². The van der Waals surface area contributed by atoms with Crippen LogP contribution >= 0.6 is 21.6 Å². The summed E-state index contributed by atoms with van der Waals surface area (Å²) in [5, 5.41) is 6.16. The molecular weight excluding hydrogens is 753 g/mol. The first-order chi connectivity index (χ1) is 28.1. The lowest BCUT2D eigenvalue weighted by Gasteiger charge is -2.43. The summed E-state index contributed by atoms with van der Waals surface area (Å²) in [5.74, 6) is 3.01. The molecule has 0 heterocycles. The van der Waals surface area contributed by atoms with Crippen LogP contribution in [0.2, 0.25) is 0 Å². The Labute approximate surface area is 371 Å². The van der Waals surface area contributed by atoms with E-state index >= 15 is 0 Å². The molecule has 3 N–H and O–H groups in total. The van der Waals surface area contributed by atoms with Crippen molar-refractivity contribution in [3.8, 4) is 0 Å². The topological polar surface area (TPSA) is 62.6 Å². The zero-order valence-electron chi connectivity index (χ0n) is 40.5. The Morgan fingerprint density at radius 2 is 0.845 bits per heavy atom. The van der Waals surface area contributed by atoms with Gasteiger partial charge in [0.05, 0.1) is 44.8 Å². The molecule has 0 radical (unpaired) electrons. The van der Waals surface area contributed by atoms with Gasteiger partial charge in [-0.25, -0.2) is 0 Å². The highest BCUT2D eigenvalue weighted by Gasteiger charge is 2.29. The molecule has 2 unspecified atom stereocenters. The monoisotopic (exact) mass is 857 g/mol. The summed E-state index contributed by atoms with van der Waals surface area (Å²) in [6, 6.07) is 1.50. The molecule has 6 nitrogen and oxygen atoms in total. The molecule has 0 aliphatic rings. The quantitative estimate of drug-likeness (QED) is 0.0324. The summed E-state index contributed by atoms with van der Waals surface area (Å²) in [4.78, 5) is 26.1. The SMILES string of the molecule is CC[NH+](CCCCCCCCCCCCCCCC(=O)NCCSSCCNC(=O)CCCCCCCCCCCCCCC[N+](CC)(CC(C)C)C(C)C)C(C)C. The van der Waals surface area contributed by atoms with Crippen LogP contribution in [-0.4, -0.2) is 85.7 Å². The Morgan fingerprint density at radius 1 is 0.500 bits per heavy atom. The molecule has 0 aliphatic heterocycles. The molecule has 0 aromatic rings. The predicted octanol–water partition coefficient (Wildman–Crippen LogP) is 12.7. The van der Waals surface area contributed by atoms with Crippen molar-refractivity contribution in [2.45, 2.75) is 247 Å². The van der Waals surface area contributed by atoms with E-state index in [1.165, 1.54) is 191 Å². The van der Waals surface area contributed by atoms with Crippen LogP contribution in [0.4, 0.5) is 0 Å². The number of nitrogens with zero attached hydrogens (tertiary/aromatic N) is 1. The lowest BCUT2D eigenvalue weighted by molar-refractivity contribution is -0.949. The summed E-state index contributed by atoms with van der Waals surface area (Å²) in [6.07, 6.45) is 36.0. The second kappa shape index (κ2) is 41.9. The fraction of sp³-hybridized carbons (Fsp3) is 0.960. The van der Waals surface area contributed by atoms with Gasteiger partial charge in [-0.3, -0.25) is 9.59 Å². The summed E-state index contributed by atoms with van der Waals surface area (Å²) in [6.45, 7) is 27.0. The lowest BCUT2D eigenvalue weighted by Crippen LogP contribution is -3.14. The van der Waals surface area contributed by atoms with Crippen LogP contribution in [0.15, 0.2) is 0 Å². The van der Waals surface area contributed by atoms with Crippen LogP contribution in [0, 0.1) is 5.92 Å². The van der Waals surface area contributed by atoms with Gasteiger partial charge in [0, 0.05) is 43.4 Å². The largest absolute Gasteiger partial charge is 0.355 e. The maximum atomic E-state index is 12.2. The van der Waals surface area contributed by atoms with Gasteiger partial charge in [0.1, 0.15) is 0 Å². The van der Waals surface area contributed by atoms with Gasteiger partial charge >= 0.3 is 0 Å². The van der Waals surface area contributed by atoms with E-state index in [2.05, 4.69) is 66.0 Å². The Bertz CT molecular complexity index is 905. The number of hydrogen-bond acceptors (Lipinski definition) is 4. The van der Waals surface area contributed by atoms with E-state index in [9.17, 15) is 9.59 Å². The molecular formula is C50H104N4O2S2+2. The first-order valence-electron chi connectivity index (χ1n) is 25.6. The average Bonchev–Trinajstić information content (AvgIpc) is 3.19. The van der Waals surface area contributed by atoms with E-state index in [1.807, 2.05) is 0 Å². The van der Waals surface area contributed by atoms with Crippen LogP contribution in [0.25, 0.3) is 0 Å². The molecule has 0 aromatic carbocycles. The molecule has 2 atom stereocenters. The van der Waals surface area contributed by atoms with E-state index in [0.717, 1.165) is 55.4 Å². The molecule has 2 amide bonds. The zero-order valence-corrected chi connectivity index (χ0v) is 42.1. The predicted molar refractivity (Wildman–Crippen MR) is 262 cm³/mol. The Balaban J connectivity index is 3.39. The number of unbranched alkanes of at least 4 members (excludes halogenated alkanes) is 24. The molecule has 0 aromatic heterocycles. The number of quaternary nitrogens is 2. The third kappa shape index (κ3) is 36.2. The molecule has 58 heavy (non-hydrogen) atoms.